The Kier molecular flexibility index (Phi) is 18.4. The second-order valence-corrected chi connectivity index (χ2v) is 12.9. The van der Waals surface area contributed by atoms with E-state index < -0.39 is 49.7 Å². The Labute approximate surface area is 276 Å². The highest BCUT2D eigenvalue weighted by Gasteiger charge is 2.55. The minimum absolute atomic E-state index is 0.0515. The van der Waals surface area contributed by atoms with Gasteiger partial charge in [-0.3, -0.25) is 23.7 Å². The number of aromatic nitrogens is 2. The zero-order valence-electron chi connectivity index (χ0n) is 27.5. The van der Waals surface area contributed by atoms with Gasteiger partial charge in [0.05, 0.1) is 6.61 Å². The van der Waals surface area contributed by atoms with E-state index in [1.165, 1.54) is 0 Å². The maximum absolute atomic E-state index is 15.3. The molecule has 2 heterocycles. The van der Waals surface area contributed by atoms with E-state index >= 15 is 4.39 Å². The van der Waals surface area contributed by atoms with Crippen molar-refractivity contribution < 1.29 is 32.6 Å². The fourth-order valence-electron chi connectivity index (χ4n) is 4.53. The van der Waals surface area contributed by atoms with E-state index in [2.05, 4.69) is 78.1 Å². The fraction of sp³-hybridized carbons (Fsp3) is 0.545. The second-order valence-electron chi connectivity index (χ2n) is 11.0. The van der Waals surface area contributed by atoms with Gasteiger partial charge in [0.25, 0.3) is 5.56 Å². The van der Waals surface area contributed by atoms with Crippen LogP contribution in [-0.2, 0) is 23.1 Å². The molecule has 1 saturated heterocycles. The van der Waals surface area contributed by atoms with Gasteiger partial charge in [-0.25, -0.2) is 18.8 Å². The van der Waals surface area contributed by atoms with Crippen LogP contribution in [0, 0.1) is 0 Å². The van der Waals surface area contributed by atoms with Crippen molar-refractivity contribution in [2.45, 2.75) is 89.3 Å². The number of hydrogen-bond acceptors (Lipinski definition) is 8. The van der Waals surface area contributed by atoms with Crippen molar-refractivity contribution >= 4 is 13.7 Å². The van der Waals surface area contributed by atoms with E-state index in [9.17, 15) is 24.1 Å². The number of H-pyrrole nitrogens is 1. The number of hydrogen-bond donors (Lipinski definition) is 4. The highest BCUT2D eigenvalue weighted by atomic mass is 31.2. The Bertz CT molecular complexity index is 1400. The van der Waals surface area contributed by atoms with E-state index in [0.717, 1.165) is 69.4 Å². The largest absolute Gasteiger partial charge is 0.405 e. The number of alkyl halides is 1. The highest BCUT2D eigenvalue weighted by Crippen LogP contribution is 2.45. The first-order chi connectivity index (χ1) is 22.5. The molecule has 0 spiro atoms. The van der Waals surface area contributed by atoms with Crippen LogP contribution in [0.5, 0.6) is 0 Å². The molecule has 1 fully saturated rings. The van der Waals surface area contributed by atoms with Gasteiger partial charge >= 0.3 is 13.4 Å². The fourth-order valence-corrected chi connectivity index (χ4v) is 5.58. The Hall–Kier alpha value is -3.19. The molecule has 1 aromatic heterocycles. The van der Waals surface area contributed by atoms with E-state index in [1.54, 1.807) is 0 Å². The molecular weight excluding hydrogens is 630 g/mol. The number of carbonyl (C=O) groups excluding carboxylic acids is 1. The number of unbranched alkanes of at least 4 members (excludes halogenated alkanes) is 1. The molecule has 1 aliphatic heterocycles. The summed E-state index contributed by atoms with van der Waals surface area (Å²) in [5.74, 6) is -0.152. The summed E-state index contributed by atoms with van der Waals surface area (Å²) in [6, 6.07) is 1.02. The van der Waals surface area contributed by atoms with E-state index in [0.29, 0.717) is 12.8 Å². The summed E-state index contributed by atoms with van der Waals surface area (Å²) in [5, 5.41) is 15.8. The van der Waals surface area contributed by atoms with Crippen LogP contribution in [0.2, 0.25) is 0 Å². The van der Waals surface area contributed by atoms with Crippen molar-refractivity contribution in [1.29, 1.82) is 0 Å². The van der Waals surface area contributed by atoms with Crippen molar-refractivity contribution in [2.24, 2.45) is 0 Å². The van der Waals surface area contributed by atoms with Gasteiger partial charge in [0.2, 0.25) is 5.91 Å². The number of aliphatic hydroxyl groups excluding tert-OH is 1. The summed E-state index contributed by atoms with van der Waals surface area (Å²) in [4.78, 5) is 37.6. The van der Waals surface area contributed by atoms with Crippen molar-refractivity contribution in [3.05, 3.63) is 93.9 Å². The van der Waals surface area contributed by atoms with Crippen LogP contribution in [0.3, 0.4) is 0 Å². The monoisotopic (exact) mass is 680 g/mol. The number of amides is 1. The van der Waals surface area contributed by atoms with Crippen LogP contribution < -0.4 is 21.7 Å². The highest BCUT2D eigenvalue weighted by molar-refractivity contribution is 7.51. The summed E-state index contributed by atoms with van der Waals surface area (Å²) in [7, 11) is -2.75. The predicted octanol–water partition coefficient (Wildman–Crippen LogP) is 4.92. The third-order valence-corrected chi connectivity index (χ3v) is 8.74. The average Bonchev–Trinajstić information content (AvgIpc) is 3.27. The zero-order valence-corrected chi connectivity index (χ0v) is 28.4. The summed E-state index contributed by atoms with van der Waals surface area (Å²) < 4.78 is 44.9. The quantitative estimate of drug-likeness (QED) is 0.0757. The minimum atomic E-state index is -3.90. The van der Waals surface area contributed by atoms with E-state index in [1.807, 2.05) is 4.98 Å². The lowest BCUT2D eigenvalue weighted by Crippen LogP contribution is -2.43. The SMILES string of the molecule is CC/C=C\C/C=C\C/C=C\C/C=C\C/C=C\CCCC(=O)NCCNP(=O)(OC)OC[C@H]1OC(n2ccc(=O)[nH]c2=O)[C@](C)(F)[C@@H]1O. The molecule has 4 N–H and O–H groups in total. The molecule has 2 rings (SSSR count). The predicted molar refractivity (Wildman–Crippen MR) is 181 cm³/mol. The number of allylic oxidation sites excluding steroid dienone is 10. The maximum atomic E-state index is 15.3. The first kappa shape index (κ1) is 40.0. The summed E-state index contributed by atoms with van der Waals surface area (Å²) >= 11 is 0. The number of aliphatic hydroxyl groups is 1. The molecule has 14 heteroatoms. The number of aromatic amines is 1. The first-order valence-electron chi connectivity index (χ1n) is 15.9. The Morgan fingerprint density at radius 3 is 2.23 bits per heavy atom. The van der Waals surface area contributed by atoms with Gasteiger partial charge < -0.3 is 19.7 Å². The lowest BCUT2D eigenvalue weighted by Gasteiger charge is -2.24. The number of nitrogens with one attached hydrogen (secondary N) is 3. The second kappa shape index (κ2) is 21.6. The molecule has 0 saturated carbocycles. The van der Waals surface area contributed by atoms with Gasteiger partial charge in [-0.2, -0.15) is 0 Å². The van der Waals surface area contributed by atoms with Crippen LogP contribution in [0.4, 0.5) is 4.39 Å². The van der Waals surface area contributed by atoms with E-state index in [4.69, 9.17) is 13.8 Å². The zero-order chi connectivity index (χ0) is 34.5. The molecule has 0 aromatic carbocycles. The van der Waals surface area contributed by atoms with Crippen LogP contribution in [-0.4, -0.2) is 65.2 Å². The molecule has 0 radical (unpaired) electrons. The molecule has 262 valence electrons. The van der Waals surface area contributed by atoms with Crippen LogP contribution >= 0.6 is 7.75 Å². The first-order valence-corrected chi connectivity index (χ1v) is 17.5. The molecule has 12 nitrogen and oxygen atoms in total. The van der Waals surface area contributed by atoms with Crippen molar-refractivity contribution in [1.82, 2.24) is 20.0 Å². The van der Waals surface area contributed by atoms with Crippen LogP contribution in [0.25, 0.3) is 0 Å². The van der Waals surface area contributed by atoms with Crippen LogP contribution in [0.15, 0.2) is 82.6 Å². The third kappa shape index (κ3) is 14.6. The molecule has 47 heavy (non-hydrogen) atoms. The molecule has 1 aliphatic rings. The topological polar surface area (TPSA) is 161 Å². The molecule has 1 aromatic rings. The summed E-state index contributed by atoms with van der Waals surface area (Å²) in [6.07, 6.45) is 24.3. The molecule has 2 unspecified atom stereocenters. The van der Waals surface area contributed by atoms with Gasteiger partial charge in [0.1, 0.15) is 12.2 Å². The molecular formula is C33H50FN4O8P. The van der Waals surface area contributed by atoms with Gasteiger partial charge in [-0.15, -0.1) is 0 Å². The van der Waals surface area contributed by atoms with Crippen molar-refractivity contribution in [3.63, 3.8) is 0 Å². The smallest absolute Gasteiger partial charge is 0.387 e. The molecule has 0 aliphatic carbocycles. The number of nitrogens with zero attached hydrogens (tertiary/aromatic N) is 1. The van der Waals surface area contributed by atoms with Crippen molar-refractivity contribution in [2.75, 3.05) is 26.8 Å². The molecule has 0 bridgehead atoms. The molecule has 5 atom stereocenters. The van der Waals surface area contributed by atoms with Gasteiger partial charge in [0, 0.05) is 38.9 Å². The average molecular weight is 681 g/mol. The maximum Gasteiger partial charge on any atom is 0.405 e. The number of halogens is 1. The summed E-state index contributed by atoms with van der Waals surface area (Å²) in [5.41, 5.74) is -4.02. The number of rotatable bonds is 22. The van der Waals surface area contributed by atoms with Gasteiger partial charge in [0.15, 0.2) is 11.9 Å². The van der Waals surface area contributed by atoms with Crippen LogP contribution in [0.1, 0.15) is 71.4 Å². The Morgan fingerprint density at radius 2 is 1.66 bits per heavy atom. The lowest BCUT2D eigenvalue weighted by molar-refractivity contribution is -0.121. The molecule has 1 amide bonds. The van der Waals surface area contributed by atoms with Gasteiger partial charge in [-0.1, -0.05) is 67.7 Å². The van der Waals surface area contributed by atoms with Crippen molar-refractivity contribution in [3.8, 4) is 0 Å². The summed E-state index contributed by atoms with van der Waals surface area (Å²) in [6.45, 7) is 2.84. The standard InChI is InChI=1S/C33H50FN4O8P/c1-4-5-6-7-8-9-10-11-12-13-14-15-16-17-18-19-20-21-28(39)35-23-24-36-47(43,44-3)45-26-27-30(41)33(2,34)31(46-27)38-25-22-29(40)37-32(38)42/h5-6,8-9,11-12,14-15,17-18,22,25,27,30-31,41H,4,7,10,13,16,19-21,23-24,26H2,1-3H3,(H,35,39)(H,36,43)(H,37,40,42)/b6-5-,9-8-,12-11-,15-14-,18-17-/t27-,30-,31?,33-,47?/m1/s1. The van der Waals surface area contributed by atoms with Gasteiger partial charge in [-0.05, 0) is 51.9 Å². The Morgan fingerprint density at radius 1 is 1.06 bits per heavy atom. The number of carbonyl (C=O) groups is 1. The normalized spacial score (nSPS) is 23.2. The Balaban J connectivity index is 1.60. The minimum Gasteiger partial charge on any atom is -0.387 e. The number of ether oxygens (including phenoxy) is 1. The third-order valence-electron chi connectivity index (χ3n) is 7.15. The lowest BCUT2D eigenvalue weighted by atomic mass is 9.98. The van der Waals surface area contributed by atoms with E-state index in [-0.39, 0.29) is 19.0 Å².